The standard InChI is InChI=1S/C13H15ClN6S2/c1-2-10-16-13(22-17-10)20-5-3-4-19(6-7-20)12-9(8-15)11(14)18-21-12/h2-7H2,1H3. The Kier molecular flexibility index (Phi) is 4.76. The molecule has 3 heterocycles. The van der Waals surface area contributed by atoms with Gasteiger partial charge in [0.1, 0.15) is 22.5 Å². The molecular weight excluding hydrogens is 340 g/mol. The molecule has 2 aromatic heterocycles. The number of hydrogen-bond donors (Lipinski definition) is 0. The van der Waals surface area contributed by atoms with Crippen molar-refractivity contribution < 1.29 is 0 Å². The third-order valence-electron chi connectivity index (χ3n) is 3.57. The lowest BCUT2D eigenvalue weighted by Gasteiger charge is -2.21. The van der Waals surface area contributed by atoms with Gasteiger partial charge in [-0.15, -0.1) is 0 Å². The van der Waals surface area contributed by atoms with E-state index in [9.17, 15) is 5.26 Å². The molecule has 1 fully saturated rings. The highest BCUT2D eigenvalue weighted by atomic mass is 35.5. The Morgan fingerprint density at radius 2 is 1.95 bits per heavy atom. The van der Waals surface area contributed by atoms with Crippen LogP contribution in [0.5, 0.6) is 0 Å². The fourth-order valence-electron chi connectivity index (χ4n) is 2.40. The first-order valence-corrected chi connectivity index (χ1v) is 9.03. The lowest BCUT2D eigenvalue weighted by atomic mass is 10.3. The van der Waals surface area contributed by atoms with Crippen molar-refractivity contribution in [1.29, 1.82) is 5.26 Å². The Morgan fingerprint density at radius 1 is 1.18 bits per heavy atom. The fourth-order valence-corrected chi connectivity index (χ4v) is 4.28. The van der Waals surface area contributed by atoms with Crippen LogP contribution in [-0.2, 0) is 6.42 Å². The van der Waals surface area contributed by atoms with Gasteiger partial charge >= 0.3 is 0 Å². The average Bonchev–Trinajstić information content (AvgIpc) is 3.07. The third kappa shape index (κ3) is 3.02. The number of nitriles is 1. The second kappa shape index (κ2) is 6.77. The average molecular weight is 355 g/mol. The molecule has 0 aromatic carbocycles. The second-order valence-electron chi connectivity index (χ2n) is 4.94. The van der Waals surface area contributed by atoms with E-state index in [4.69, 9.17) is 11.6 Å². The van der Waals surface area contributed by atoms with Crippen molar-refractivity contribution in [2.45, 2.75) is 19.8 Å². The van der Waals surface area contributed by atoms with Gasteiger partial charge in [0.2, 0.25) is 5.13 Å². The van der Waals surface area contributed by atoms with Gasteiger partial charge in [0.15, 0.2) is 5.15 Å². The molecule has 0 bridgehead atoms. The van der Waals surface area contributed by atoms with Crippen molar-refractivity contribution in [3.63, 3.8) is 0 Å². The Balaban J connectivity index is 1.73. The van der Waals surface area contributed by atoms with Crippen LogP contribution in [-0.4, -0.2) is 39.9 Å². The predicted octanol–water partition coefficient (Wildman–Crippen LogP) is 2.80. The summed E-state index contributed by atoms with van der Waals surface area (Å²) >= 11 is 8.73. The SMILES string of the molecule is CCc1nsc(N2CCCN(c3snc(Cl)c3C#N)CC2)n1. The number of anilines is 2. The van der Waals surface area contributed by atoms with Crippen LogP contribution in [0.25, 0.3) is 0 Å². The van der Waals surface area contributed by atoms with Gasteiger partial charge in [-0.2, -0.15) is 14.0 Å². The van der Waals surface area contributed by atoms with E-state index in [1.54, 1.807) is 0 Å². The number of rotatable bonds is 3. The first-order valence-electron chi connectivity index (χ1n) is 7.10. The van der Waals surface area contributed by atoms with Crippen LogP contribution in [0.1, 0.15) is 24.7 Å². The molecule has 0 aliphatic carbocycles. The molecule has 3 rings (SSSR count). The van der Waals surface area contributed by atoms with Crippen LogP contribution in [0.15, 0.2) is 0 Å². The Morgan fingerprint density at radius 3 is 2.68 bits per heavy atom. The van der Waals surface area contributed by atoms with Gasteiger partial charge in [-0.25, -0.2) is 4.98 Å². The van der Waals surface area contributed by atoms with E-state index in [1.165, 1.54) is 23.1 Å². The van der Waals surface area contributed by atoms with Crippen molar-refractivity contribution in [2.24, 2.45) is 0 Å². The normalized spacial score (nSPS) is 15.7. The Labute approximate surface area is 142 Å². The lowest BCUT2D eigenvalue weighted by Crippen LogP contribution is -2.30. The molecule has 9 heteroatoms. The zero-order chi connectivity index (χ0) is 15.5. The van der Waals surface area contributed by atoms with Gasteiger partial charge in [0, 0.05) is 44.1 Å². The summed E-state index contributed by atoms with van der Waals surface area (Å²) in [6, 6.07) is 2.16. The van der Waals surface area contributed by atoms with Gasteiger partial charge < -0.3 is 9.80 Å². The predicted molar refractivity (Wildman–Crippen MR) is 90.2 cm³/mol. The summed E-state index contributed by atoms with van der Waals surface area (Å²) in [7, 11) is 0. The first kappa shape index (κ1) is 15.5. The summed E-state index contributed by atoms with van der Waals surface area (Å²) in [5, 5.41) is 11.4. The molecular formula is C13H15ClN6S2. The first-order chi connectivity index (χ1) is 10.7. The van der Waals surface area contributed by atoms with Crippen LogP contribution >= 0.6 is 34.7 Å². The van der Waals surface area contributed by atoms with Crippen LogP contribution < -0.4 is 9.80 Å². The number of aromatic nitrogens is 3. The van der Waals surface area contributed by atoms with Gasteiger partial charge in [-0.1, -0.05) is 18.5 Å². The smallest absolute Gasteiger partial charge is 0.205 e. The van der Waals surface area contributed by atoms with Crippen molar-refractivity contribution in [3.8, 4) is 6.07 Å². The van der Waals surface area contributed by atoms with E-state index in [2.05, 4.69) is 36.5 Å². The molecule has 1 aliphatic rings. The highest BCUT2D eigenvalue weighted by molar-refractivity contribution is 7.11. The number of aryl methyl sites for hydroxylation is 1. The van der Waals surface area contributed by atoms with E-state index in [1.807, 2.05) is 0 Å². The molecule has 0 spiro atoms. The van der Waals surface area contributed by atoms with Crippen molar-refractivity contribution in [1.82, 2.24) is 13.7 Å². The summed E-state index contributed by atoms with van der Waals surface area (Å²) in [5.41, 5.74) is 0.490. The van der Waals surface area contributed by atoms with Crippen molar-refractivity contribution in [2.75, 3.05) is 36.0 Å². The third-order valence-corrected chi connectivity index (χ3v) is 5.67. The maximum Gasteiger partial charge on any atom is 0.205 e. The minimum atomic E-state index is 0.306. The molecule has 2 aromatic rings. The minimum Gasteiger partial charge on any atom is -0.359 e. The van der Waals surface area contributed by atoms with Gasteiger partial charge in [0.25, 0.3) is 0 Å². The molecule has 0 amide bonds. The van der Waals surface area contributed by atoms with Crippen LogP contribution in [0, 0.1) is 11.3 Å². The summed E-state index contributed by atoms with van der Waals surface area (Å²) in [6.07, 6.45) is 1.86. The van der Waals surface area contributed by atoms with Crippen molar-refractivity contribution in [3.05, 3.63) is 16.5 Å². The Bertz CT molecular complexity index is 691. The topological polar surface area (TPSA) is 68.9 Å². The molecule has 1 saturated heterocycles. The van der Waals surface area contributed by atoms with E-state index in [-0.39, 0.29) is 0 Å². The molecule has 1 aliphatic heterocycles. The highest BCUT2D eigenvalue weighted by Gasteiger charge is 2.22. The molecule has 0 atom stereocenters. The second-order valence-corrected chi connectivity index (χ2v) is 6.78. The number of hydrogen-bond acceptors (Lipinski definition) is 8. The molecule has 6 nitrogen and oxygen atoms in total. The van der Waals surface area contributed by atoms with Crippen LogP contribution in [0.2, 0.25) is 5.15 Å². The number of halogens is 1. The maximum atomic E-state index is 9.23. The lowest BCUT2D eigenvalue weighted by molar-refractivity contribution is 0.803. The zero-order valence-corrected chi connectivity index (χ0v) is 14.5. The van der Waals surface area contributed by atoms with E-state index < -0.39 is 0 Å². The quantitative estimate of drug-likeness (QED) is 0.844. The summed E-state index contributed by atoms with van der Waals surface area (Å²) in [6.45, 7) is 5.59. The van der Waals surface area contributed by atoms with Gasteiger partial charge in [-0.05, 0) is 18.0 Å². The van der Waals surface area contributed by atoms with Gasteiger partial charge in [-0.3, -0.25) is 0 Å². The van der Waals surface area contributed by atoms with Crippen molar-refractivity contribution >= 4 is 44.8 Å². The summed E-state index contributed by atoms with van der Waals surface area (Å²) in [4.78, 5) is 9.03. The monoisotopic (exact) mass is 354 g/mol. The highest BCUT2D eigenvalue weighted by Crippen LogP contribution is 2.32. The molecule has 0 unspecified atom stereocenters. The molecule has 0 N–H and O–H groups in total. The molecule has 22 heavy (non-hydrogen) atoms. The minimum absolute atomic E-state index is 0.306. The number of nitrogens with zero attached hydrogens (tertiary/aromatic N) is 6. The largest absolute Gasteiger partial charge is 0.359 e. The molecule has 0 radical (unpaired) electrons. The fraction of sp³-hybridized carbons (Fsp3) is 0.538. The van der Waals surface area contributed by atoms with E-state index in [0.29, 0.717) is 10.7 Å². The Hall–Kier alpha value is -1.43. The summed E-state index contributed by atoms with van der Waals surface area (Å²) < 4.78 is 8.45. The van der Waals surface area contributed by atoms with Gasteiger partial charge in [0.05, 0.1) is 0 Å². The summed E-state index contributed by atoms with van der Waals surface area (Å²) in [5.74, 6) is 0.905. The van der Waals surface area contributed by atoms with E-state index >= 15 is 0 Å². The maximum absolute atomic E-state index is 9.23. The molecule has 0 saturated carbocycles. The van der Waals surface area contributed by atoms with Crippen LogP contribution in [0.4, 0.5) is 10.1 Å². The molecule has 116 valence electrons. The van der Waals surface area contributed by atoms with E-state index in [0.717, 1.165) is 55.0 Å². The zero-order valence-electron chi connectivity index (χ0n) is 12.1. The van der Waals surface area contributed by atoms with Crippen LogP contribution in [0.3, 0.4) is 0 Å².